The molecule has 1 aromatic heterocycles. The van der Waals surface area contributed by atoms with Crippen molar-refractivity contribution in [1.82, 2.24) is 4.57 Å². The Morgan fingerprint density at radius 1 is 0.977 bits per heavy atom. The number of nitrogens with zero attached hydrogens (tertiary/aromatic N) is 2. The van der Waals surface area contributed by atoms with Crippen molar-refractivity contribution in [3.8, 4) is 17.2 Å². The van der Waals surface area contributed by atoms with Gasteiger partial charge in [-0.25, -0.2) is 9.79 Å². The van der Waals surface area contributed by atoms with Crippen molar-refractivity contribution < 1.29 is 31.6 Å². The van der Waals surface area contributed by atoms with Gasteiger partial charge in [0.05, 0.1) is 42.7 Å². The molecular formula is C31H28N2O8S2. The summed E-state index contributed by atoms with van der Waals surface area (Å²) in [4.78, 5) is 32.2. The van der Waals surface area contributed by atoms with Crippen LogP contribution < -0.4 is 28.5 Å². The average Bonchev–Trinajstić information content (AvgIpc) is 3.31. The Balaban J connectivity index is 1.67. The number of carbonyl (C=O) groups excluding carboxylic acids is 1. The molecule has 4 aromatic rings. The van der Waals surface area contributed by atoms with E-state index in [1.165, 1.54) is 37.0 Å². The lowest BCUT2D eigenvalue weighted by Gasteiger charge is -2.25. The van der Waals surface area contributed by atoms with Crippen molar-refractivity contribution in [3.63, 3.8) is 0 Å². The van der Waals surface area contributed by atoms with Crippen LogP contribution in [0.5, 0.6) is 17.2 Å². The Labute approximate surface area is 251 Å². The van der Waals surface area contributed by atoms with Crippen molar-refractivity contribution in [2.75, 3.05) is 20.8 Å². The molecule has 222 valence electrons. The van der Waals surface area contributed by atoms with Gasteiger partial charge in [-0.1, -0.05) is 53.8 Å². The maximum absolute atomic E-state index is 14.0. The molecule has 0 spiro atoms. The van der Waals surface area contributed by atoms with Gasteiger partial charge in [-0.3, -0.25) is 9.36 Å². The number of aromatic nitrogens is 1. The molecule has 0 saturated carbocycles. The number of rotatable bonds is 9. The summed E-state index contributed by atoms with van der Waals surface area (Å²) in [6.07, 6.45) is 1.55. The number of methoxy groups -OCH3 is 2. The highest BCUT2D eigenvalue weighted by Gasteiger charge is 2.34. The lowest BCUT2D eigenvalue weighted by Crippen LogP contribution is -2.40. The lowest BCUT2D eigenvalue weighted by molar-refractivity contribution is -0.139. The van der Waals surface area contributed by atoms with Crippen LogP contribution in [0.3, 0.4) is 0 Å². The SMILES string of the molecule is CCOC(=O)C1=C(C)N=c2s/c(=C\c3ccccc3OS(=O)(=O)c3ccccc3)c(=O)n2[C@@H]1c1ccc(OC)c(OC)c1. The third-order valence-electron chi connectivity index (χ3n) is 6.68. The van der Waals surface area contributed by atoms with Crippen molar-refractivity contribution >= 4 is 33.5 Å². The van der Waals surface area contributed by atoms with E-state index in [4.69, 9.17) is 18.4 Å². The summed E-state index contributed by atoms with van der Waals surface area (Å²) in [5, 5.41) is 0. The monoisotopic (exact) mass is 620 g/mol. The van der Waals surface area contributed by atoms with E-state index in [-0.39, 0.29) is 27.4 Å². The first-order valence-corrected chi connectivity index (χ1v) is 15.4. The summed E-state index contributed by atoms with van der Waals surface area (Å²) >= 11 is 1.11. The highest BCUT2D eigenvalue weighted by atomic mass is 32.2. The van der Waals surface area contributed by atoms with E-state index in [9.17, 15) is 18.0 Å². The lowest BCUT2D eigenvalue weighted by atomic mass is 9.95. The molecule has 0 radical (unpaired) electrons. The number of esters is 1. The predicted molar refractivity (Wildman–Crippen MR) is 161 cm³/mol. The van der Waals surface area contributed by atoms with Crippen LogP contribution in [0, 0.1) is 0 Å². The van der Waals surface area contributed by atoms with Crippen LogP contribution >= 0.6 is 11.3 Å². The number of ether oxygens (including phenoxy) is 3. The molecule has 0 N–H and O–H groups in total. The summed E-state index contributed by atoms with van der Waals surface area (Å²) in [6.45, 7) is 3.53. The molecule has 5 rings (SSSR count). The van der Waals surface area contributed by atoms with Crippen LogP contribution in [0.1, 0.15) is 31.0 Å². The van der Waals surface area contributed by atoms with Crippen LogP contribution in [-0.4, -0.2) is 39.8 Å². The molecule has 43 heavy (non-hydrogen) atoms. The smallest absolute Gasteiger partial charge is 0.339 e. The van der Waals surface area contributed by atoms with E-state index in [0.717, 1.165) is 11.3 Å². The zero-order valence-electron chi connectivity index (χ0n) is 23.8. The Morgan fingerprint density at radius 2 is 1.67 bits per heavy atom. The van der Waals surface area contributed by atoms with Gasteiger partial charge < -0.3 is 18.4 Å². The number of thiazole rings is 1. The fourth-order valence-corrected chi connectivity index (χ4v) is 6.71. The zero-order chi connectivity index (χ0) is 30.7. The van der Waals surface area contributed by atoms with Crippen LogP contribution in [0.15, 0.2) is 98.7 Å². The quantitative estimate of drug-likeness (QED) is 0.206. The van der Waals surface area contributed by atoms with E-state index in [1.54, 1.807) is 74.5 Å². The number of benzene rings is 3. The van der Waals surface area contributed by atoms with Gasteiger partial charge >= 0.3 is 16.1 Å². The molecule has 0 amide bonds. The first-order valence-electron chi connectivity index (χ1n) is 13.2. The van der Waals surface area contributed by atoms with E-state index in [1.807, 2.05) is 0 Å². The highest BCUT2D eigenvalue weighted by Crippen LogP contribution is 2.36. The second-order valence-electron chi connectivity index (χ2n) is 9.31. The van der Waals surface area contributed by atoms with E-state index in [0.29, 0.717) is 33.1 Å². The second kappa shape index (κ2) is 12.3. The van der Waals surface area contributed by atoms with Crippen molar-refractivity contribution in [3.05, 3.63) is 115 Å². The van der Waals surface area contributed by atoms with Gasteiger partial charge in [-0.15, -0.1) is 0 Å². The summed E-state index contributed by atoms with van der Waals surface area (Å²) < 4.78 is 49.3. The van der Waals surface area contributed by atoms with E-state index < -0.39 is 27.7 Å². The molecular weight excluding hydrogens is 592 g/mol. The Hall–Kier alpha value is -4.68. The molecule has 10 nitrogen and oxygen atoms in total. The topological polar surface area (TPSA) is 122 Å². The summed E-state index contributed by atoms with van der Waals surface area (Å²) in [6, 6.07) is 18.6. The number of hydrogen-bond acceptors (Lipinski definition) is 10. The molecule has 3 aromatic carbocycles. The van der Waals surface area contributed by atoms with Crippen LogP contribution in [0.2, 0.25) is 0 Å². The fraction of sp³-hybridized carbons (Fsp3) is 0.194. The molecule has 1 aliphatic rings. The fourth-order valence-electron chi connectivity index (χ4n) is 4.70. The number of carbonyl (C=O) groups is 1. The van der Waals surface area contributed by atoms with E-state index >= 15 is 0 Å². The van der Waals surface area contributed by atoms with Crippen molar-refractivity contribution in [1.29, 1.82) is 0 Å². The third kappa shape index (κ3) is 5.84. The number of para-hydroxylation sites is 1. The normalized spacial score (nSPS) is 15.0. The van der Waals surface area contributed by atoms with Crippen LogP contribution in [0.25, 0.3) is 6.08 Å². The van der Waals surface area contributed by atoms with Gasteiger partial charge in [-0.05, 0) is 55.8 Å². The first kappa shape index (κ1) is 29.8. The highest BCUT2D eigenvalue weighted by molar-refractivity contribution is 7.87. The minimum absolute atomic E-state index is 0.000987. The maximum Gasteiger partial charge on any atom is 0.339 e. The standard InChI is InChI=1S/C31H28N2O8S2/c1-5-40-30(35)27-19(2)32-31-33(28(27)21-15-16-24(38-3)25(17-21)39-4)29(34)26(42-31)18-20-11-9-10-14-23(20)41-43(36,37)22-12-7-6-8-13-22/h6-18,28H,5H2,1-4H3/b26-18-/t28-/m1/s1. The van der Waals surface area contributed by atoms with Crippen LogP contribution in [0.4, 0.5) is 0 Å². The van der Waals surface area contributed by atoms with Crippen LogP contribution in [-0.2, 0) is 19.6 Å². The van der Waals surface area contributed by atoms with E-state index in [2.05, 4.69) is 4.99 Å². The number of allylic oxidation sites excluding steroid dienone is 1. The first-order chi connectivity index (χ1) is 20.7. The third-order valence-corrected chi connectivity index (χ3v) is 8.91. The second-order valence-corrected chi connectivity index (χ2v) is 11.9. The Morgan fingerprint density at radius 3 is 2.37 bits per heavy atom. The molecule has 1 atom stereocenters. The van der Waals surface area contributed by atoms with Gasteiger partial charge in [0, 0.05) is 5.56 Å². The minimum atomic E-state index is -4.13. The average molecular weight is 621 g/mol. The molecule has 0 saturated heterocycles. The number of fused-ring (bicyclic) bond motifs is 1. The number of hydrogen-bond donors (Lipinski definition) is 0. The largest absolute Gasteiger partial charge is 0.493 e. The zero-order valence-corrected chi connectivity index (χ0v) is 25.4. The Bertz CT molecular complexity index is 2010. The summed E-state index contributed by atoms with van der Waals surface area (Å²) in [5.74, 6) is 0.365. The molecule has 0 aliphatic carbocycles. The summed E-state index contributed by atoms with van der Waals surface area (Å²) in [7, 11) is -1.11. The van der Waals surface area contributed by atoms with Crippen molar-refractivity contribution in [2.45, 2.75) is 24.8 Å². The molecule has 0 unspecified atom stereocenters. The predicted octanol–water partition coefficient (Wildman–Crippen LogP) is 3.58. The molecule has 12 heteroatoms. The Kier molecular flexibility index (Phi) is 8.51. The molecule has 2 heterocycles. The van der Waals surface area contributed by atoms with Gasteiger partial charge in [0.2, 0.25) is 0 Å². The van der Waals surface area contributed by atoms with Gasteiger partial charge in [0.1, 0.15) is 10.6 Å². The molecule has 1 aliphatic heterocycles. The molecule has 0 bridgehead atoms. The van der Waals surface area contributed by atoms with Gasteiger partial charge in [0.25, 0.3) is 5.56 Å². The van der Waals surface area contributed by atoms with Gasteiger partial charge in [0.15, 0.2) is 16.3 Å². The van der Waals surface area contributed by atoms with Crippen molar-refractivity contribution in [2.24, 2.45) is 4.99 Å². The molecule has 0 fully saturated rings. The van der Waals surface area contributed by atoms with Gasteiger partial charge in [-0.2, -0.15) is 8.42 Å². The minimum Gasteiger partial charge on any atom is -0.493 e. The summed E-state index contributed by atoms with van der Waals surface area (Å²) in [5.41, 5.74) is 1.14. The maximum atomic E-state index is 14.0.